The van der Waals surface area contributed by atoms with Crippen LogP contribution in [0.1, 0.15) is 18.2 Å². The summed E-state index contributed by atoms with van der Waals surface area (Å²) >= 11 is 0. The van der Waals surface area contributed by atoms with Gasteiger partial charge in [-0.15, -0.1) is 12.3 Å². The predicted octanol–water partition coefficient (Wildman–Crippen LogP) is 0.0328. The summed E-state index contributed by atoms with van der Waals surface area (Å²) in [5.74, 6) is 2.58. The van der Waals surface area contributed by atoms with E-state index < -0.39 is 0 Å². The fourth-order valence-electron chi connectivity index (χ4n) is 1.33. The maximum absolute atomic E-state index is 5.66. The molecule has 0 saturated carbocycles. The van der Waals surface area contributed by atoms with Crippen molar-refractivity contribution in [1.82, 2.24) is 14.9 Å². The molecule has 4 nitrogen and oxygen atoms in total. The number of imidazole rings is 1. The van der Waals surface area contributed by atoms with E-state index in [-0.39, 0.29) is 6.04 Å². The Morgan fingerprint density at radius 2 is 2.57 bits per heavy atom. The first-order valence-corrected chi connectivity index (χ1v) is 4.62. The van der Waals surface area contributed by atoms with Crippen LogP contribution in [0.25, 0.3) is 0 Å². The summed E-state index contributed by atoms with van der Waals surface area (Å²) in [5.41, 5.74) is 6.75. The molecule has 0 fully saturated rings. The van der Waals surface area contributed by atoms with E-state index in [1.54, 1.807) is 6.33 Å². The Morgan fingerprint density at radius 1 is 1.79 bits per heavy atom. The molecule has 14 heavy (non-hydrogen) atoms. The standard InChI is InChI=1S/C10H16N4/c1-3-4-5-13-9(6-11)10-7-12-8-14(10)2/h1,7-9,13H,4-6,11H2,2H3. The molecule has 1 aromatic rings. The highest BCUT2D eigenvalue weighted by Gasteiger charge is 2.11. The van der Waals surface area contributed by atoms with E-state index in [1.807, 2.05) is 17.8 Å². The fraction of sp³-hybridized carbons (Fsp3) is 0.500. The third kappa shape index (κ3) is 2.59. The van der Waals surface area contributed by atoms with Gasteiger partial charge in [0.2, 0.25) is 0 Å². The van der Waals surface area contributed by atoms with Crippen molar-refractivity contribution in [2.24, 2.45) is 12.8 Å². The van der Waals surface area contributed by atoms with Gasteiger partial charge < -0.3 is 15.6 Å². The van der Waals surface area contributed by atoms with Crippen LogP contribution in [0.4, 0.5) is 0 Å². The van der Waals surface area contributed by atoms with E-state index in [1.165, 1.54) is 0 Å². The molecule has 0 bridgehead atoms. The molecule has 1 heterocycles. The second kappa shape index (κ2) is 5.43. The molecule has 1 unspecified atom stereocenters. The second-order valence-corrected chi connectivity index (χ2v) is 3.13. The number of rotatable bonds is 5. The van der Waals surface area contributed by atoms with Gasteiger partial charge in [-0.3, -0.25) is 0 Å². The lowest BCUT2D eigenvalue weighted by Gasteiger charge is -2.16. The van der Waals surface area contributed by atoms with Crippen molar-refractivity contribution in [3.63, 3.8) is 0 Å². The summed E-state index contributed by atoms with van der Waals surface area (Å²) in [6.45, 7) is 1.33. The number of nitrogens with two attached hydrogens (primary N) is 1. The maximum Gasteiger partial charge on any atom is 0.0946 e. The molecule has 3 N–H and O–H groups in total. The number of aryl methyl sites for hydroxylation is 1. The first-order valence-electron chi connectivity index (χ1n) is 4.62. The Hall–Kier alpha value is -1.31. The first-order chi connectivity index (χ1) is 6.79. The molecular formula is C10H16N4. The minimum absolute atomic E-state index is 0.135. The Labute approximate surface area is 84.5 Å². The highest BCUT2D eigenvalue weighted by atomic mass is 15.1. The molecule has 0 aliphatic carbocycles. The van der Waals surface area contributed by atoms with Crippen molar-refractivity contribution in [3.8, 4) is 12.3 Å². The Bertz CT molecular complexity index is 310. The topological polar surface area (TPSA) is 55.9 Å². The summed E-state index contributed by atoms with van der Waals surface area (Å²) in [6.07, 6.45) is 9.47. The number of hydrogen-bond donors (Lipinski definition) is 2. The number of nitrogens with one attached hydrogen (secondary N) is 1. The Morgan fingerprint density at radius 3 is 3.07 bits per heavy atom. The van der Waals surface area contributed by atoms with E-state index in [2.05, 4.69) is 16.2 Å². The number of nitrogens with zero attached hydrogens (tertiary/aromatic N) is 2. The van der Waals surface area contributed by atoms with Crippen LogP contribution in [0, 0.1) is 12.3 Å². The summed E-state index contributed by atoms with van der Waals surface area (Å²) in [6, 6.07) is 0.135. The van der Waals surface area contributed by atoms with Crippen LogP contribution in [-0.4, -0.2) is 22.6 Å². The predicted molar refractivity (Wildman–Crippen MR) is 56.5 cm³/mol. The third-order valence-electron chi connectivity index (χ3n) is 2.11. The van der Waals surface area contributed by atoms with Crippen molar-refractivity contribution >= 4 is 0 Å². The lowest BCUT2D eigenvalue weighted by Crippen LogP contribution is -2.30. The smallest absolute Gasteiger partial charge is 0.0946 e. The average molecular weight is 192 g/mol. The maximum atomic E-state index is 5.66. The molecule has 0 radical (unpaired) electrons. The molecule has 1 rings (SSSR count). The second-order valence-electron chi connectivity index (χ2n) is 3.13. The molecule has 0 spiro atoms. The number of hydrogen-bond acceptors (Lipinski definition) is 3. The van der Waals surface area contributed by atoms with Crippen LogP contribution in [0.2, 0.25) is 0 Å². The Kier molecular flexibility index (Phi) is 4.17. The number of aromatic nitrogens is 2. The monoisotopic (exact) mass is 192 g/mol. The van der Waals surface area contributed by atoms with E-state index in [4.69, 9.17) is 12.2 Å². The van der Waals surface area contributed by atoms with Crippen LogP contribution in [0.15, 0.2) is 12.5 Å². The lowest BCUT2D eigenvalue weighted by molar-refractivity contribution is 0.523. The minimum Gasteiger partial charge on any atom is -0.336 e. The van der Waals surface area contributed by atoms with Gasteiger partial charge in [-0.05, 0) is 0 Å². The molecule has 76 valence electrons. The van der Waals surface area contributed by atoms with Gasteiger partial charge >= 0.3 is 0 Å². The van der Waals surface area contributed by atoms with E-state index in [0.29, 0.717) is 13.0 Å². The highest BCUT2D eigenvalue weighted by Crippen LogP contribution is 2.09. The molecular weight excluding hydrogens is 176 g/mol. The van der Waals surface area contributed by atoms with Gasteiger partial charge in [-0.2, -0.15) is 0 Å². The van der Waals surface area contributed by atoms with E-state index in [9.17, 15) is 0 Å². The van der Waals surface area contributed by atoms with Crippen molar-refractivity contribution in [1.29, 1.82) is 0 Å². The molecule has 0 aliphatic heterocycles. The van der Waals surface area contributed by atoms with Gasteiger partial charge in [0.25, 0.3) is 0 Å². The average Bonchev–Trinajstić information content (AvgIpc) is 2.60. The molecule has 0 saturated heterocycles. The summed E-state index contributed by atoms with van der Waals surface area (Å²) in [5, 5.41) is 3.29. The zero-order valence-electron chi connectivity index (χ0n) is 8.40. The van der Waals surface area contributed by atoms with Gasteiger partial charge in [0.1, 0.15) is 0 Å². The van der Waals surface area contributed by atoms with Crippen LogP contribution in [0.5, 0.6) is 0 Å². The van der Waals surface area contributed by atoms with Crippen LogP contribution in [0.3, 0.4) is 0 Å². The largest absolute Gasteiger partial charge is 0.336 e. The summed E-state index contributed by atoms with van der Waals surface area (Å²) in [7, 11) is 1.95. The Balaban J connectivity index is 2.55. The quantitative estimate of drug-likeness (QED) is 0.511. The fourth-order valence-corrected chi connectivity index (χ4v) is 1.33. The van der Waals surface area contributed by atoms with Crippen molar-refractivity contribution < 1.29 is 0 Å². The lowest BCUT2D eigenvalue weighted by atomic mass is 10.2. The van der Waals surface area contributed by atoms with Crippen LogP contribution >= 0.6 is 0 Å². The van der Waals surface area contributed by atoms with Gasteiger partial charge in [-0.25, -0.2) is 4.98 Å². The molecule has 1 aromatic heterocycles. The van der Waals surface area contributed by atoms with E-state index >= 15 is 0 Å². The van der Waals surface area contributed by atoms with E-state index in [0.717, 1.165) is 12.2 Å². The van der Waals surface area contributed by atoms with Crippen LogP contribution < -0.4 is 11.1 Å². The zero-order valence-corrected chi connectivity index (χ0v) is 8.40. The minimum atomic E-state index is 0.135. The third-order valence-corrected chi connectivity index (χ3v) is 2.11. The van der Waals surface area contributed by atoms with Gasteiger partial charge in [0.15, 0.2) is 0 Å². The van der Waals surface area contributed by atoms with Crippen molar-refractivity contribution in [2.45, 2.75) is 12.5 Å². The van der Waals surface area contributed by atoms with Gasteiger partial charge in [0.05, 0.1) is 18.1 Å². The van der Waals surface area contributed by atoms with Crippen LogP contribution in [-0.2, 0) is 7.05 Å². The highest BCUT2D eigenvalue weighted by molar-refractivity contribution is 5.05. The molecule has 4 heteroatoms. The molecule has 0 aliphatic rings. The molecule has 0 amide bonds. The number of terminal acetylenes is 1. The van der Waals surface area contributed by atoms with Crippen molar-refractivity contribution in [3.05, 3.63) is 18.2 Å². The molecule has 1 atom stereocenters. The molecule has 0 aromatic carbocycles. The zero-order chi connectivity index (χ0) is 10.4. The SMILES string of the molecule is C#CCCNC(CN)c1cncn1C. The summed E-state index contributed by atoms with van der Waals surface area (Å²) < 4.78 is 1.96. The normalized spacial score (nSPS) is 12.4. The van der Waals surface area contributed by atoms with Gasteiger partial charge in [0, 0.05) is 32.8 Å². The van der Waals surface area contributed by atoms with Gasteiger partial charge in [-0.1, -0.05) is 0 Å². The summed E-state index contributed by atoms with van der Waals surface area (Å²) in [4.78, 5) is 4.05. The first kappa shape index (κ1) is 10.8. The van der Waals surface area contributed by atoms with Crippen molar-refractivity contribution in [2.75, 3.05) is 13.1 Å².